The number of amides is 1. The minimum absolute atomic E-state index is 0.0291. The number of nitrogens with zero attached hydrogens (tertiary/aromatic N) is 3. The van der Waals surface area contributed by atoms with Crippen molar-refractivity contribution < 1.29 is 4.79 Å². The molecule has 0 spiro atoms. The average Bonchev–Trinajstić information content (AvgIpc) is 2.36. The average molecular weight is 283 g/mol. The first kappa shape index (κ1) is 14.1. The summed E-state index contributed by atoms with van der Waals surface area (Å²) in [4.78, 5) is 20.5. The minimum atomic E-state index is -0.0291. The Kier molecular flexibility index (Phi) is 4.27. The van der Waals surface area contributed by atoms with Crippen LogP contribution >= 0.6 is 11.6 Å². The zero-order chi connectivity index (χ0) is 14.0. The van der Waals surface area contributed by atoms with Gasteiger partial charge in [0.2, 0.25) is 0 Å². The first-order valence-corrected chi connectivity index (χ1v) is 6.85. The standard InChI is InChI=1S/C13H19ClN4O/c1-3-17-4-5-18(8-9(17)2)13(19)10-6-11(14)16-12(15)7-10/h6-7,9H,3-5,8H2,1-2H3,(H2,15,16). The molecule has 19 heavy (non-hydrogen) atoms. The number of pyridine rings is 1. The first-order valence-electron chi connectivity index (χ1n) is 6.47. The number of aromatic nitrogens is 1. The van der Waals surface area contributed by atoms with Crippen LogP contribution in [0, 0.1) is 0 Å². The van der Waals surface area contributed by atoms with Gasteiger partial charge in [-0.3, -0.25) is 9.69 Å². The number of likely N-dealkylation sites (N-methyl/N-ethyl adjacent to an activating group) is 1. The lowest BCUT2D eigenvalue weighted by atomic mass is 10.1. The third-order valence-electron chi connectivity index (χ3n) is 3.52. The second-order valence-corrected chi connectivity index (χ2v) is 5.22. The topological polar surface area (TPSA) is 62.5 Å². The molecule has 2 rings (SSSR count). The van der Waals surface area contributed by atoms with Gasteiger partial charge in [0.25, 0.3) is 5.91 Å². The predicted molar refractivity (Wildman–Crippen MR) is 76.3 cm³/mol. The molecule has 1 atom stereocenters. The molecule has 1 amide bonds. The fraction of sp³-hybridized carbons (Fsp3) is 0.538. The molecule has 2 N–H and O–H groups in total. The molecule has 5 nitrogen and oxygen atoms in total. The lowest BCUT2D eigenvalue weighted by Crippen LogP contribution is -2.53. The molecular weight excluding hydrogens is 264 g/mol. The lowest BCUT2D eigenvalue weighted by molar-refractivity contribution is 0.0528. The van der Waals surface area contributed by atoms with Crippen LogP contribution in [0.4, 0.5) is 5.82 Å². The third-order valence-corrected chi connectivity index (χ3v) is 3.71. The number of anilines is 1. The molecular formula is C13H19ClN4O. The summed E-state index contributed by atoms with van der Waals surface area (Å²) >= 11 is 5.84. The highest BCUT2D eigenvalue weighted by Crippen LogP contribution is 2.17. The highest BCUT2D eigenvalue weighted by Gasteiger charge is 2.26. The zero-order valence-corrected chi connectivity index (χ0v) is 12.0. The van der Waals surface area contributed by atoms with Gasteiger partial charge < -0.3 is 10.6 Å². The van der Waals surface area contributed by atoms with Crippen molar-refractivity contribution in [1.82, 2.24) is 14.8 Å². The summed E-state index contributed by atoms with van der Waals surface area (Å²) in [7, 11) is 0. The molecule has 2 heterocycles. The van der Waals surface area contributed by atoms with E-state index in [1.54, 1.807) is 12.1 Å². The maximum atomic E-state index is 12.4. The number of hydrogen-bond donors (Lipinski definition) is 1. The minimum Gasteiger partial charge on any atom is -0.384 e. The molecule has 1 aromatic rings. The van der Waals surface area contributed by atoms with E-state index >= 15 is 0 Å². The van der Waals surface area contributed by atoms with E-state index in [0.717, 1.165) is 26.2 Å². The molecule has 0 radical (unpaired) electrons. The Morgan fingerprint density at radius 2 is 2.26 bits per heavy atom. The van der Waals surface area contributed by atoms with Crippen LogP contribution in [0.3, 0.4) is 0 Å². The van der Waals surface area contributed by atoms with Crippen LogP contribution in [0.15, 0.2) is 12.1 Å². The lowest BCUT2D eigenvalue weighted by Gasteiger charge is -2.39. The second kappa shape index (κ2) is 5.75. The summed E-state index contributed by atoms with van der Waals surface area (Å²) in [5.74, 6) is 0.245. The number of nitrogens with two attached hydrogens (primary N) is 1. The number of rotatable bonds is 2. The molecule has 104 valence electrons. The predicted octanol–water partition coefficient (Wildman–Crippen LogP) is 1.48. The van der Waals surface area contributed by atoms with Crippen molar-refractivity contribution in [1.29, 1.82) is 0 Å². The van der Waals surface area contributed by atoms with Crippen LogP contribution in [0.25, 0.3) is 0 Å². The Morgan fingerprint density at radius 1 is 1.53 bits per heavy atom. The van der Waals surface area contributed by atoms with Gasteiger partial charge in [0, 0.05) is 31.2 Å². The fourth-order valence-corrected chi connectivity index (χ4v) is 2.69. The van der Waals surface area contributed by atoms with Crippen LogP contribution in [0.5, 0.6) is 0 Å². The number of halogens is 1. The van der Waals surface area contributed by atoms with Crippen molar-refractivity contribution >= 4 is 23.3 Å². The van der Waals surface area contributed by atoms with E-state index in [1.165, 1.54) is 0 Å². The maximum absolute atomic E-state index is 12.4. The van der Waals surface area contributed by atoms with E-state index in [2.05, 4.69) is 23.7 Å². The van der Waals surface area contributed by atoms with Gasteiger partial charge in [-0.15, -0.1) is 0 Å². The SMILES string of the molecule is CCN1CCN(C(=O)c2cc(N)nc(Cl)c2)CC1C. The van der Waals surface area contributed by atoms with Crippen LogP contribution in [-0.4, -0.2) is 52.9 Å². The normalized spacial score (nSPS) is 20.6. The number of carbonyl (C=O) groups excluding carboxylic acids is 1. The molecule has 1 aliphatic heterocycles. The maximum Gasteiger partial charge on any atom is 0.254 e. The van der Waals surface area contributed by atoms with E-state index in [9.17, 15) is 4.79 Å². The van der Waals surface area contributed by atoms with Gasteiger partial charge in [-0.2, -0.15) is 0 Å². The number of nitrogen functional groups attached to an aromatic ring is 1. The summed E-state index contributed by atoms with van der Waals surface area (Å²) in [5.41, 5.74) is 6.13. The van der Waals surface area contributed by atoms with Crippen LogP contribution in [0.1, 0.15) is 24.2 Å². The van der Waals surface area contributed by atoms with Crippen molar-refractivity contribution in [2.24, 2.45) is 0 Å². The second-order valence-electron chi connectivity index (χ2n) is 4.83. The van der Waals surface area contributed by atoms with E-state index in [4.69, 9.17) is 17.3 Å². The van der Waals surface area contributed by atoms with Crippen molar-refractivity contribution in [2.75, 3.05) is 31.9 Å². The van der Waals surface area contributed by atoms with Gasteiger partial charge in [0.15, 0.2) is 0 Å². The Hall–Kier alpha value is -1.33. The van der Waals surface area contributed by atoms with E-state index in [0.29, 0.717) is 11.6 Å². The Balaban J connectivity index is 2.12. The van der Waals surface area contributed by atoms with Crippen molar-refractivity contribution in [3.8, 4) is 0 Å². The smallest absolute Gasteiger partial charge is 0.254 e. The molecule has 1 aliphatic rings. The first-order chi connectivity index (χ1) is 9.01. The summed E-state index contributed by atoms with van der Waals surface area (Å²) in [6, 6.07) is 3.51. The molecule has 0 bridgehead atoms. The Labute approximate surface area is 118 Å². The molecule has 6 heteroatoms. The van der Waals surface area contributed by atoms with Crippen molar-refractivity contribution in [2.45, 2.75) is 19.9 Å². The van der Waals surface area contributed by atoms with Crippen LogP contribution in [-0.2, 0) is 0 Å². The van der Waals surface area contributed by atoms with E-state index < -0.39 is 0 Å². The highest BCUT2D eigenvalue weighted by atomic mass is 35.5. The van der Waals surface area contributed by atoms with Crippen LogP contribution in [0.2, 0.25) is 5.15 Å². The van der Waals surface area contributed by atoms with Gasteiger partial charge in [0.1, 0.15) is 11.0 Å². The van der Waals surface area contributed by atoms with Gasteiger partial charge in [-0.1, -0.05) is 18.5 Å². The summed E-state index contributed by atoms with van der Waals surface area (Å²) in [6.45, 7) is 7.65. The largest absolute Gasteiger partial charge is 0.384 e. The van der Waals surface area contributed by atoms with Crippen LogP contribution < -0.4 is 5.73 Å². The van der Waals surface area contributed by atoms with E-state index in [-0.39, 0.29) is 16.9 Å². The molecule has 0 aromatic carbocycles. The molecule has 0 saturated carbocycles. The summed E-state index contributed by atoms with van der Waals surface area (Å²) < 4.78 is 0. The summed E-state index contributed by atoms with van der Waals surface area (Å²) in [5, 5.41) is 0.253. The molecule has 0 aliphatic carbocycles. The Bertz CT molecular complexity index is 459. The number of carbonyl (C=O) groups is 1. The zero-order valence-electron chi connectivity index (χ0n) is 11.3. The molecule has 1 saturated heterocycles. The third kappa shape index (κ3) is 3.16. The van der Waals surface area contributed by atoms with Gasteiger partial charge >= 0.3 is 0 Å². The molecule has 1 fully saturated rings. The molecule has 1 aromatic heterocycles. The number of piperazine rings is 1. The fourth-order valence-electron chi connectivity index (χ4n) is 2.47. The number of hydrogen-bond acceptors (Lipinski definition) is 4. The quantitative estimate of drug-likeness (QED) is 0.835. The monoisotopic (exact) mass is 282 g/mol. The van der Waals surface area contributed by atoms with Gasteiger partial charge in [-0.05, 0) is 25.6 Å². The van der Waals surface area contributed by atoms with Gasteiger partial charge in [-0.25, -0.2) is 4.98 Å². The van der Waals surface area contributed by atoms with E-state index in [1.807, 2.05) is 4.90 Å². The Morgan fingerprint density at radius 3 is 2.84 bits per heavy atom. The summed E-state index contributed by atoms with van der Waals surface area (Å²) in [6.07, 6.45) is 0. The van der Waals surface area contributed by atoms with Crippen molar-refractivity contribution in [3.63, 3.8) is 0 Å². The van der Waals surface area contributed by atoms with Gasteiger partial charge in [0.05, 0.1) is 0 Å². The van der Waals surface area contributed by atoms with Crippen molar-refractivity contribution in [3.05, 3.63) is 22.8 Å². The molecule has 1 unspecified atom stereocenters. The highest BCUT2D eigenvalue weighted by molar-refractivity contribution is 6.29.